The van der Waals surface area contributed by atoms with E-state index in [-0.39, 0.29) is 0 Å². The van der Waals surface area contributed by atoms with E-state index in [1.165, 1.54) is 16.0 Å². The van der Waals surface area contributed by atoms with Gasteiger partial charge in [-0.1, -0.05) is 17.7 Å². The zero-order valence-electron chi connectivity index (χ0n) is 9.65. The van der Waals surface area contributed by atoms with Crippen LogP contribution in [0.25, 0.3) is 0 Å². The van der Waals surface area contributed by atoms with Crippen molar-refractivity contribution in [1.82, 2.24) is 10.2 Å². The van der Waals surface area contributed by atoms with Crippen molar-refractivity contribution in [2.75, 3.05) is 0 Å². The van der Waals surface area contributed by atoms with Gasteiger partial charge in [0.1, 0.15) is 0 Å². The Bertz CT molecular complexity index is 494. The molecule has 0 aliphatic carbocycles. The van der Waals surface area contributed by atoms with Crippen LogP contribution in [0.15, 0.2) is 27.5 Å². The van der Waals surface area contributed by atoms with E-state index in [0.29, 0.717) is 11.8 Å². The van der Waals surface area contributed by atoms with E-state index in [1.54, 1.807) is 18.7 Å². The van der Waals surface area contributed by atoms with Gasteiger partial charge in [-0.25, -0.2) is 0 Å². The second kappa shape index (κ2) is 4.70. The third-order valence-corrected chi connectivity index (χ3v) is 3.41. The molecule has 0 aliphatic heterocycles. The summed E-state index contributed by atoms with van der Waals surface area (Å²) < 4.78 is 5.33. The summed E-state index contributed by atoms with van der Waals surface area (Å²) in [7, 11) is 0. The van der Waals surface area contributed by atoms with Gasteiger partial charge >= 0.3 is 0 Å². The lowest BCUT2D eigenvalue weighted by atomic mass is 10.2. The van der Waals surface area contributed by atoms with Gasteiger partial charge in [0.05, 0.1) is 5.75 Å². The molecule has 0 fully saturated rings. The van der Waals surface area contributed by atoms with Gasteiger partial charge in [0.15, 0.2) is 0 Å². The molecule has 0 atom stereocenters. The van der Waals surface area contributed by atoms with Crippen LogP contribution in [0.1, 0.15) is 22.9 Å². The Morgan fingerprint density at radius 1 is 1.19 bits per heavy atom. The SMILES string of the molecule is Cc1ccc(SCc2nnc(C)o2)c(C)c1. The van der Waals surface area contributed by atoms with E-state index in [4.69, 9.17) is 4.42 Å². The minimum atomic E-state index is 0.622. The molecule has 0 saturated carbocycles. The van der Waals surface area contributed by atoms with Crippen LogP contribution in [0.3, 0.4) is 0 Å². The lowest BCUT2D eigenvalue weighted by Crippen LogP contribution is -1.84. The van der Waals surface area contributed by atoms with Crippen molar-refractivity contribution in [3.63, 3.8) is 0 Å². The number of benzene rings is 1. The molecule has 2 rings (SSSR count). The fourth-order valence-electron chi connectivity index (χ4n) is 1.50. The number of hydrogen-bond acceptors (Lipinski definition) is 4. The molecule has 0 bridgehead atoms. The summed E-state index contributed by atoms with van der Waals surface area (Å²) in [5.74, 6) is 2.03. The molecule has 0 N–H and O–H groups in total. The molecule has 0 amide bonds. The van der Waals surface area contributed by atoms with Crippen molar-refractivity contribution >= 4 is 11.8 Å². The maximum Gasteiger partial charge on any atom is 0.226 e. The highest BCUT2D eigenvalue weighted by Crippen LogP contribution is 2.26. The molecule has 0 unspecified atom stereocenters. The molecule has 1 aromatic heterocycles. The van der Waals surface area contributed by atoms with Crippen LogP contribution in [0, 0.1) is 20.8 Å². The van der Waals surface area contributed by atoms with E-state index in [2.05, 4.69) is 42.2 Å². The van der Waals surface area contributed by atoms with Gasteiger partial charge in [-0.3, -0.25) is 0 Å². The molecule has 3 nitrogen and oxygen atoms in total. The van der Waals surface area contributed by atoms with Crippen molar-refractivity contribution in [3.05, 3.63) is 41.1 Å². The average molecular weight is 234 g/mol. The number of aromatic nitrogens is 2. The summed E-state index contributed by atoms with van der Waals surface area (Å²) in [6.07, 6.45) is 0. The van der Waals surface area contributed by atoms with Crippen LogP contribution >= 0.6 is 11.8 Å². The van der Waals surface area contributed by atoms with Gasteiger partial charge < -0.3 is 4.42 Å². The van der Waals surface area contributed by atoms with E-state index in [0.717, 1.165) is 5.75 Å². The third kappa shape index (κ3) is 2.64. The van der Waals surface area contributed by atoms with Crippen LogP contribution in [-0.2, 0) is 5.75 Å². The molecule has 1 aromatic carbocycles. The van der Waals surface area contributed by atoms with Crippen molar-refractivity contribution in [2.24, 2.45) is 0 Å². The average Bonchev–Trinajstić information content (AvgIpc) is 2.63. The fraction of sp³-hybridized carbons (Fsp3) is 0.333. The van der Waals surface area contributed by atoms with Crippen molar-refractivity contribution in [3.8, 4) is 0 Å². The Hall–Kier alpha value is -1.29. The number of rotatable bonds is 3. The van der Waals surface area contributed by atoms with Gasteiger partial charge in [-0.15, -0.1) is 22.0 Å². The molecule has 0 spiro atoms. The maximum absolute atomic E-state index is 5.33. The molecule has 4 heteroatoms. The minimum Gasteiger partial charge on any atom is -0.425 e. The molecular weight excluding hydrogens is 220 g/mol. The number of nitrogens with zero attached hydrogens (tertiary/aromatic N) is 2. The molecule has 0 aliphatic rings. The summed E-state index contributed by atoms with van der Waals surface area (Å²) in [5.41, 5.74) is 2.58. The first-order chi connectivity index (χ1) is 7.65. The lowest BCUT2D eigenvalue weighted by molar-refractivity contribution is 0.485. The third-order valence-electron chi connectivity index (χ3n) is 2.25. The molecular formula is C12H14N2OS. The van der Waals surface area contributed by atoms with Crippen LogP contribution in [-0.4, -0.2) is 10.2 Å². The van der Waals surface area contributed by atoms with E-state index in [9.17, 15) is 0 Å². The van der Waals surface area contributed by atoms with Crippen LogP contribution in [0.4, 0.5) is 0 Å². The van der Waals surface area contributed by atoms with Crippen molar-refractivity contribution in [2.45, 2.75) is 31.4 Å². The molecule has 0 saturated heterocycles. The summed E-state index contributed by atoms with van der Waals surface area (Å²) in [6, 6.07) is 6.44. The highest BCUT2D eigenvalue weighted by molar-refractivity contribution is 7.98. The Labute approximate surface area is 99.3 Å². The molecule has 1 heterocycles. The first-order valence-electron chi connectivity index (χ1n) is 5.14. The van der Waals surface area contributed by atoms with E-state index in [1.807, 2.05) is 0 Å². The molecule has 2 aromatic rings. The van der Waals surface area contributed by atoms with Crippen LogP contribution < -0.4 is 0 Å². The van der Waals surface area contributed by atoms with Gasteiger partial charge in [0.2, 0.25) is 11.8 Å². The second-order valence-corrected chi connectivity index (χ2v) is 4.79. The topological polar surface area (TPSA) is 38.9 Å². The summed E-state index contributed by atoms with van der Waals surface area (Å²) in [6.45, 7) is 6.02. The van der Waals surface area contributed by atoms with Gasteiger partial charge in [0, 0.05) is 11.8 Å². The minimum absolute atomic E-state index is 0.622. The Kier molecular flexibility index (Phi) is 3.29. The molecule has 0 radical (unpaired) electrons. The lowest BCUT2D eigenvalue weighted by Gasteiger charge is -2.04. The standard InChI is InChI=1S/C12H14N2OS/c1-8-4-5-11(9(2)6-8)16-7-12-14-13-10(3)15-12/h4-6H,7H2,1-3H3. The largest absolute Gasteiger partial charge is 0.425 e. The second-order valence-electron chi connectivity index (χ2n) is 3.77. The smallest absolute Gasteiger partial charge is 0.226 e. The normalized spacial score (nSPS) is 10.7. The van der Waals surface area contributed by atoms with Crippen LogP contribution in [0.5, 0.6) is 0 Å². The summed E-state index contributed by atoms with van der Waals surface area (Å²) in [5, 5.41) is 7.78. The first kappa shape index (κ1) is 11.2. The Balaban J connectivity index is 2.04. The Morgan fingerprint density at radius 2 is 2.00 bits per heavy atom. The number of thioether (sulfide) groups is 1. The van der Waals surface area contributed by atoms with Crippen molar-refractivity contribution in [1.29, 1.82) is 0 Å². The molecule has 16 heavy (non-hydrogen) atoms. The summed E-state index contributed by atoms with van der Waals surface area (Å²) >= 11 is 1.73. The Morgan fingerprint density at radius 3 is 2.62 bits per heavy atom. The number of aryl methyl sites for hydroxylation is 3. The van der Waals surface area contributed by atoms with Crippen LogP contribution in [0.2, 0.25) is 0 Å². The van der Waals surface area contributed by atoms with Crippen molar-refractivity contribution < 1.29 is 4.42 Å². The monoisotopic (exact) mass is 234 g/mol. The van der Waals surface area contributed by atoms with Gasteiger partial charge in [0.25, 0.3) is 0 Å². The predicted molar refractivity (Wildman–Crippen MR) is 64.5 cm³/mol. The van der Waals surface area contributed by atoms with Gasteiger partial charge in [-0.2, -0.15) is 0 Å². The summed E-state index contributed by atoms with van der Waals surface area (Å²) in [4.78, 5) is 1.27. The zero-order valence-corrected chi connectivity index (χ0v) is 10.5. The molecule has 84 valence electrons. The highest BCUT2D eigenvalue weighted by Gasteiger charge is 2.05. The zero-order chi connectivity index (χ0) is 11.5. The van der Waals surface area contributed by atoms with E-state index < -0.39 is 0 Å². The fourth-order valence-corrected chi connectivity index (χ4v) is 2.34. The maximum atomic E-state index is 5.33. The first-order valence-corrected chi connectivity index (χ1v) is 6.13. The quantitative estimate of drug-likeness (QED) is 0.764. The highest BCUT2D eigenvalue weighted by atomic mass is 32.2. The van der Waals surface area contributed by atoms with Gasteiger partial charge in [-0.05, 0) is 25.5 Å². The number of hydrogen-bond donors (Lipinski definition) is 0. The predicted octanol–water partition coefficient (Wildman–Crippen LogP) is 3.29. The van der Waals surface area contributed by atoms with E-state index >= 15 is 0 Å².